The molecule has 2 rings (SSSR count). The molecule has 0 radical (unpaired) electrons. The van der Waals surface area contributed by atoms with E-state index in [1.165, 1.54) is 0 Å². The highest BCUT2D eigenvalue weighted by Gasteiger charge is 2.03. The summed E-state index contributed by atoms with van der Waals surface area (Å²) in [4.78, 5) is 4.26. The van der Waals surface area contributed by atoms with E-state index in [2.05, 4.69) is 33.2 Å². The zero-order chi connectivity index (χ0) is 14.4. The number of halogens is 2. The van der Waals surface area contributed by atoms with Gasteiger partial charge < -0.3 is 10.1 Å². The number of pyridine rings is 1. The smallest absolute Gasteiger partial charge is 0.139 e. The van der Waals surface area contributed by atoms with Gasteiger partial charge in [-0.05, 0) is 42.3 Å². The van der Waals surface area contributed by atoms with Crippen LogP contribution in [0.25, 0.3) is 0 Å². The second-order valence-electron chi connectivity index (χ2n) is 4.34. The molecule has 1 heterocycles. The molecule has 0 spiro atoms. The zero-order valence-electron chi connectivity index (χ0n) is 11.2. The maximum atomic E-state index is 6.09. The summed E-state index contributed by atoms with van der Waals surface area (Å²) in [5, 5.41) is 3.86. The van der Waals surface area contributed by atoms with Gasteiger partial charge in [-0.25, -0.2) is 4.98 Å². The van der Waals surface area contributed by atoms with Crippen LogP contribution in [0.4, 0.5) is 5.82 Å². The van der Waals surface area contributed by atoms with Crippen LogP contribution in [0.2, 0.25) is 5.02 Å². The molecule has 0 fully saturated rings. The lowest BCUT2D eigenvalue weighted by Gasteiger charge is -2.10. The van der Waals surface area contributed by atoms with E-state index in [0.29, 0.717) is 17.4 Å². The highest BCUT2D eigenvalue weighted by molar-refractivity contribution is 9.10. The Morgan fingerprint density at radius 2 is 2.15 bits per heavy atom. The molecule has 3 nitrogen and oxygen atoms in total. The molecule has 0 bridgehead atoms. The van der Waals surface area contributed by atoms with E-state index in [0.717, 1.165) is 28.8 Å². The SMILES string of the molecule is CCCNc1cc(COc2cc(Br)ccc2Cl)ccn1. The third kappa shape index (κ3) is 4.39. The van der Waals surface area contributed by atoms with Gasteiger partial charge in [-0.1, -0.05) is 34.5 Å². The molecule has 1 aromatic heterocycles. The highest BCUT2D eigenvalue weighted by Crippen LogP contribution is 2.28. The third-order valence-electron chi connectivity index (χ3n) is 2.67. The number of benzene rings is 1. The lowest BCUT2D eigenvalue weighted by Crippen LogP contribution is -2.03. The molecule has 5 heteroatoms. The molecule has 0 saturated heterocycles. The van der Waals surface area contributed by atoms with Crippen molar-refractivity contribution >= 4 is 33.3 Å². The Morgan fingerprint density at radius 3 is 2.95 bits per heavy atom. The summed E-state index contributed by atoms with van der Waals surface area (Å²) in [6.07, 6.45) is 2.84. The van der Waals surface area contributed by atoms with Crippen LogP contribution < -0.4 is 10.1 Å². The van der Waals surface area contributed by atoms with Crippen molar-refractivity contribution in [2.24, 2.45) is 0 Å². The third-order valence-corrected chi connectivity index (χ3v) is 3.47. The fourth-order valence-corrected chi connectivity index (χ4v) is 2.17. The largest absolute Gasteiger partial charge is 0.487 e. The first-order valence-corrected chi connectivity index (χ1v) is 7.63. The minimum atomic E-state index is 0.458. The predicted molar refractivity (Wildman–Crippen MR) is 86.5 cm³/mol. The van der Waals surface area contributed by atoms with Gasteiger partial charge in [-0.2, -0.15) is 0 Å². The standard InChI is InChI=1S/C15H16BrClN2O/c1-2-6-18-15-8-11(5-7-19-15)10-20-14-9-12(16)3-4-13(14)17/h3-5,7-9H,2,6,10H2,1H3,(H,18,19). The van der Waals surface area contributed by atoms with Gasteiger partial charge >= 0.3 is 0 Å². The normalized spacial score (nSPS) is 10.3. The van der Waals surface area contributed by atoms with Crippen LogP contribution in [0.1, 0.15) is 18.9 Å². The summed E-state index contributed by atoms with van der Waals surface area (Å²) >= 11 is 9.50. The summed E-state index contributed by atoms with van der Waals surface area (Å²) in [5.74, 6) is 1.54. The van der Waals surface area contributed by atoms with Gasteiger partial charge in [0.25, 0.3) is 0 Å². The van der Waals surface area contributed by atoms with E-state index in [1.54, 1.807) is 6.20 Å². The second-order valence-corrected chi connectivity index (χ2v) is 5.66. The molecule has 106 valence electrons. The lowest BCUT2D eigenvalue weighted by atomic mass is 10.2. The molecular formula is C15H16BrClN2O. The maximum Gasteiger partial charge on any atom is 0.139 e. The molecule has 2 aromatic rings. The Labute approximate surface area is 132 Å². The number of hydrogen-bond acceptors (Lipinski definition) is 3. The monoisotopic (exact) mass is 354 g/mol. The predicted octanol–water partition coefficient (Wildman–Crippen LogP) is 4.90. The molecule has 0 saturated carbocycles. The van der Waals surface area contributed by atoms with Crippen LogP contribution in [0.3, 0.4) is 0 Å². The van der Waals surface area contributed by atoms with E-state index >= 15 is 0 Å². The van der Waals surface area contributed by atoms with Gasteiger partial charge in [-0.15, -0.1) is 0 Å². The Kier molecular flexibility index (Phi) is 5.68. The highest BCUT2D eigenvalue weighted by atomic mass is 79.9. The summed E-state index contributed by atoms with van der Waals surface area (Å²) < 4.78 is 6.69. The first-order valence-electron chi connectivity index (χ1n) is 6.45. The van der Waals surface area contributed by atoms with Gasteiger partial charge in [-0.3, -0.25) is 0 Å². The number of nitrogens with one attached hydrogen (secondary N) is 1. The summed E-state index contributed by atoms with van der Waals surface area (Å²) in [5.41, 5.74) is 1.05. The maximum absolute atomic E-state index is 6.09. The first-order chi connectivity index (χ1) is 9.69. The van der Waals surface area contributed by atoms with E-state index in [1.807, 2.05) is 30.3 Å². The van der Waals surface area contributed by atoms with Crippen molar-refractivity contribution in [1.29, 1.82) is 0 Å². The fraction of sp³-hybridized carbons (Fsp3) is 0.267. The molecule has 0 aliphatic heterocycles. The number of ether oxygens (including phenoxy) is 1. The average molecular weight is 356 g/mol. The van der Waals surface area contributed by atoms with Gasteiger partial charge in [0.05, 0.1) is 5.02 Å². The van der Waals surface area contributed by atoms with Crippen molar-refractivity contribution in [2.45, 2.75) is 20.0 Å². The molecule has 0 aliphatic carbocycles. The quantitative estimate of drug-likeness (QED) is 0.800. The van der Waals surface area contributed by atoms with Crippen molar-refractivity contribution in [3.8, 4) is 5.75 Å². The van der Waals surface area contributed by atoms with Crippen LogP contribution in [0.5, 0.6) is 5.75 Å². The topological polar surface area (TPSA) is 34.1 Å². The molecule has 1 N–H and O–H groups in total. The van der Waals surface area contributed by atoms with Crippen molar-refractivity contribution in [3.63, 3.8) is 0 Å². The van der Waals surface area contributed by atoms with Crippen molar-refractivity contribution in [2.75, 3.05) is 11.9 Å². The van der Waals surface area contributed by atoms with Crippen molar-refractivity contribution in [1.82, 2.24) is 4.98 Å². The Bertz CT molecular complexity index is 578. The number of rotatable bonds is 6. The average Bonchev–Trinajstić information content (AvgIpc) is 2.46. The Balaban J connectivity index is 2.01. The molecule has 20 heavy (non-hydrogen) atoms. The summed E-state index contributed by atoms with van der Waals surface area (Å²) in [7, 11) is 0. The number of hydrogen-bond donors (Lipinski definition) is 1. The minimum absolute atomic E-state index is 0.458. The molecule has 1 aromatic carbocycles. The second kappa shape index (κ2) is 7.50. The number of nitrogens with zero attached hydrogens (tertiary/aromatic N) is 1. The summed E-state index contributed by atoms with van der Waals surface area (Å²) in [6, 6.07) is 9.47. The van der Waals surface area contributed by atoms with E-state index in [4.69, 9.17) is 16.3 Å². The molecule has 0 amide bonds. The molecular weight excluding hydrogens is 340 g/mol. The van der Waals surface area contributed by atoms with Crippen LogP contribution in [-0.4, -0.2) is 11.5 Å². The lowest BCUT2D eigenvalue weighted by molar-refractivity contribution is 0.306. The van der Waals surface area contributed by atoms with Gasteiger partial charge in [0.2, 0.25) is 0 Å². The Morgan fingerprint density at radius 1 is 1.30 bits per heavy atom. The van der Waals surface area contributed by atoms with Crippen molar-refractivity contribution in [3.05, 3.63) is 51.6 Å². The van der Waals surface area contributed by atoms with E-state index in [-0.39, 0.29) is 0 Å². The van der Waals surface area contributed by atoms with E-state index < -0.39 is 0 Å². The van der Waals surface area contributed by atoms with Crippen LogP contribution in [0, 0.1) is 0 Å². The van der Waals surface area contributed by atoms with Crippen LogP contribution >= 0.6 is 27.5 Å². The zero-order valence-corrected chi connectivity index (χ0v) is 13.5. The number of aromatic nitrogens is 1. The van der Waals surface area contributed by atoms with Crippen molar-refractivity contribution < 1.29 is 4.74 Å². The fourth-order valence-electron chi connectivity index (χ4n) is 1.66. The van der Waals surface area contributed by atoms with Gasteiger partial charge in [0, 0.05) is 17.2 Å². The van der Waals surface area contributed by atoms with E-state index in [9.17, 15) is 0 Å². The number of anilines is 1. The van der Waals surface area contributed by atoms with Crippen LogP contribution in [0.15, 0.2) is 41.0 Å². The van der Waals surface area contributed by atoms with Crippen LogP contribution in [-0.2, 0) is 6.61 Å². The molecule has 0 atom stereocenters. The minimum Gasteiger partial charge on any atom is -0.487 e. The summed E-state index contributed by atoms with van der Waals surface area (Å²) in [6.45, 7) is 3.49. The Hall–Kier alpha value is -1.26. The first kappa shape index (κ1) is 15.1. The molecule has 0 aliphatic rings. The van der Waals surface area contributed by atoms with Gasteiger partial charge in [0.15, 0.2) is 0 Å². The molecule has 0 unspecified atom stereocenters. The van der Waals surface area contributed by atoms with Gasteiger partial charge in [0.1, 0.15) is 18.2 Å².